The van der Waals surface area contributed by atoms with Gasteiger partial charge in [-0.25, -0.2) is 0 Å². The Morgan fingerprint density at radius 3 is 2.44 bits per heavy atom. The molecule has 6 heteroatoms. The van der Waals surface area contributed by atoms with Crippen LogP contribution in [-0.4, -0.2) is 11.1 Å². The van der Waals surface area contributed by atoms with E-state index in [0.29, 0.717) is 5.33 Å². The van der Waals surface area contributed by atoms with Gasteiger partial charge in [0.25, 0.3) is 0 Å². The lowest BCUT2D eigenvalue weighted by molar-refractivity contribution is -0.138. The molecule has 0 N–H and O–H groups in total. The Morgan fingerprint density at radius 2 is 1.94 bits per heavy atom. The van der Waals surface area contributed by atoms with Crippen molar-refractivity contribution in [2.75, 3.05) is 5.33 Å². The van der Waals surface area contributed by atoms with Crippen LogP contribution in [0.3, 0.4) is 0 Å². The van der Waals surface area contributed by atoms with Gasteiger partial charge in [-0.2, -0.15) is 13.2 Å². The second-order valence-electron chi connectivity index (χ2n) is 3.05. The van der Waals surface area contributed by atoms with E-state index < -0.39 is 11.7 Å². The average molecular weight is 360 g/mol. The third-order valence-corrected chi connectivity index (χ3v) is 3.00. The van der Waals surface area contributed by atoms with Crippen molar-refractivity contribution >= 4 is 37.6 Å². The molecule has 0 radical (unpaired) electrons. The molecule has 1 aromatic rings. The van der Waals surface area contributed by atoms with Crippen LogP contribution in [0.2, 0.25) is 0 Å². The van der Waals surface area contributed by atoms with Crippen LogP contribution in [0.4, 0.5) is 13.2 Å². The summed E-state index contributed by atoms with van der Waals surface area (Å²) in [4.78, 5) is 11.4. The van der Waals surface area contributed by atoms with E-state index in [4.69, 9.17) is 0 Å². The lowest BCUT2D eigenvalue weighted by Crippen LogP contribution is -2.09. The second kappa shape index (κ2) is 5.31. The molecule has 0 fully saturated rings. The second-order valence-corrected chi connectivity index (χ2v) is 4.70. The number of ketones is 1. The quantitative estimate of drug-likeness (QED) is 0.576. The van der Waals surface area contributed by atoms with Crippen molar-refractivity contribution in [2.45, 2.75) is 12.6 Å². The van der Waals surface area contributed by atoms with E-state index in [0.717, 1.165) is 6.07 Å². The Morgan fingerprint density at radius 1 is 1.31 bits per heavy atom. The third kappa shape index (κ3) is 3.31. The number of hydrogen-bond donors (Lipinski definition) is 0. The number of carbonyl (C=O) groups excluding carboxylic acids is 1. The fourth-order valence-corrected chi connectivity index (χ4v) is 1.98. The molecule has 0 amide bonds. The highest BCUT2D eigenvalue weighted by Crippen LogP contribution is 2.35. The van der Waals surface area contributed by atoms with Crippen LogP contribution in [0, 0.1) is 0 Å². The summed E-state index contributed by atoms with van der Waals surface area (Å²) in [6, 6.07) is 3.49. The summed E-state index contributed by atoms with van der Waals surface area (Å²) in [6.45, 7) is 0. The van der Waals surface area contributed by atoms with Crippen molar-refractivity contribution in [1.82, 2.24) is 0 Å². The molecule has 0 saturated carbocycles. The number of carbonyl (C=O) groups is 1. The number of halogens is 5. The minimum absolute atomic E-state index is 0.0598. The first-order valence-electron chi connectivity index (χ1n) is 4.32. The Balaban J connectivity index is 3.13. The molecule has 0 aliphatic heterocycles. The van der Waals surface area contributed by atoms with Crippen molar-refractivity contribution in [1.29, 1.82) is 0 Å². The van der Waals surface area contributed by atoms with Gasteiger partial charge in [0.1, 0.15) is 0 Å². The fourth-order valence-electron chi connectivity index (χ4n) is 1.15. The number of Topliss-reactive ketones (excluding diaryl/α,β-unsaturated/α-hetero) is 1. The minimum Gasteiger partial charge on any atom is -0.294 e. The van der Waals surface area contributed by atoms with Crippen molar-refractivity contribution in [2.24, 2.45) is 0 Å². The summed E-state index contributed by atoms with van der Waals surface area (Å²) in [5, 5.41) is 0.434. The molecule has 88 valence electrons. The molecule has 0 saturated heterocycles. The van der Waals surface area contributed by atoms with Gasteiger partial charge in [-0.05, 0) is 12.1 Å². The monoisotopic (exact) mass is 358 g/mol. The third-order valence-electron chi connectivity index (χ3n) is 1.92. The lowest BCUT2D eigenvalue weighted by atomic mass is 10.1. The summed E-state index contributed by atoms with van der Waals surface area (Å²) in [5.41, 5.74) is -0.747. The first kappa shape index (κ1) is 13.7. The average Bonchev–Trinajstić information content (AvgIpc) is 2.16. The van der Waals surface area contributed by atoms with Gasteiger partial charge in [0, 0.05) is 21.8 Å². The van der Waals surface area contributed by atoms with Crippen molar-refractivity contribution < 1.29 is 18.0 Å². The zero-order valence-electron chi connectivity index (χ0n) is 7.94. The van der Waals surface area contributed by atoms with Crippen LogP contribution in [-0.2, 0) is 6.18 Å². The summed E-state index contributed by atoms with van der Waals surface area (Å²) in [7, 11) is 0. The maximum atomic E-state index is 12.5. The highest BCUT2D eigenvalue weighted by Gasteiger charge is 2.33. The van der Waals surface area contributed by atoms with Gasteiger partial charge in [-0.3, -0.25) is 4.79 Å². The molecule has 0 aliphatic rings. The molecule has 1 rings (SSSR count). The Labute approximate surface area is 107 Å². The Hall–Kier alpha value is -0.360. The zero-order chi connectivity index (χ0) is 12.3. The SMILES string of the molecule is O=C(CCBr)c1ccc(Br)c(C(F)(F)F)c1. The molecule has 0 unspecified atom stereocenters. The van der Waals surface area contributed by atoms with Crippen LogP contribution in [0.15, 0.2) is 22.7 Å². The minimum atomic E-state index is -4.45. The van der Waals surface area contributed by atoms with Crippen LogP contribution < -0.4 is 0 Å². The van der Waals surface area contributed by atoms with Crippen LogP contribution >= 0.6 is 31.9 Å². The predicted molar refractivity (Wildman–Crippen MR) is 61.9 cm³/mol. The van der Waals surface area contributed by atoms with Gasteiger partial charge in [0.15, 0.2) is 5.78 Å². The molecule has 0 aliphatic carbocycles. The molecular weight excluding hydrogens is 353 g/mol. The van der Waals surface area contributed by atoms with E-state index >= 15 is 0 Å². The van der Waals surface area contributed by atoms with E-state index in [9.17, 15) is 18.0 Å². The molecule has 0 heterocycles. The van der Waals surface area contributed by atoms with Crippen LogP contribution in [0.1, 0.15) is 22.3 Å². The summed E-state index contributed by atoms with van der Waals surface area (Å²) < 4.78 is 37.5. The zero-order valence-corrected chi connectivity index (χ0v) is 11.1. The van der Waals surface area contributed by atoms with Gasteiger partial charge in [0.05, 0.1) is 5.56 Å². The maximum absolute atomic E-state index is 12.5. The number of rotatable bonds is 3. The van der Waals surface area contributed by atoms with Crippen molar-refractivity contribution in [3.05, 3.63) is 33.8 Å². The number of alkyl halides is 4. The summed E-state index contributed by atoms with van der Waals surface area (Å²) in [5.74, 6) is -0.310. The topological polar surface area (TPSA) is 17.1 Å². The summed E-state index contributed by atoms with van der Waals surface area (Å²) >= 11 is 5.88. The molecule has 0 aromatic heterocycles. The van der Waals surface area contributed by atoms with Crippen LogP contribution in [0.5, 0.6) is 0 Å². The summed E-state index contributed by atoms with van der Waals surface area (Å²) in [6.07, 6.45) is -4.28. The Bertz CT molecular complexity index is 402. The smallest absolute Gasteiger partial charge is 0.294 e. The molecule has 16 heavy (non-hydrogen) atoms. The standard InChI is InChI=1S/C10H7Br2F3O/c11-4-3-9(16)6-1-2-8(12)7(5-6)10(13,14)15/h1-2,5H,3-4H2. The molecule has 0 spiro atoms. The molecule has 0 bridgehead atoms. The van der Waals surface area contributed by atoms with Crippen LogP contribution in [0.25, 0.3) is 0 Å². The van der Waals surface area contributed by atoms with Gasteiger partial charge < -0.3 is 0 Å². The van der Waals surface area contributed by atoms with Gasteiger partial charge >= 0.3 is 6.18 Å². The first-order chi connectivity index (χ1) is 7.36. The van der Waals surface area contributed by atoms with Crippen molar-refractivity contribution in [3.63, 3.8) is 0 Å². The van der Waals surface area contributed by atoms with E-state index in [1.165, 1.54) is 12.1 Å². The van der Waals surface area contributed by atoms with Crippen molar-refractivity contribution in [3.8, 4) is 0 Å². The first-order valence-corrected chi connectivity index (χ1v) is 6.23. The largest absolute Gasteiger partial charge is 0.417 e. The highest BCUT2D eigenvalue weighted by molar-refractivity contribution is 9.10. The molecule has 1 nitrogen and oxygen atoms in total. The fraction of sp³-hybridized carbons (Fsp3) is 0.300. The number of benzene rings is 1. The van der Waals surface area contributed by atoms with E-state index in [2.05, 4.69) is 31.9 Å². The van der Waals surface area contributed by atoms with Gasteiger partial charge in [-0.1, -0.05) is 37.9 Å². The molecule has 1 aromatic carbocycles. The Kier molecular flexibility index (Phi) is 4.55. The predicted octanol–water partition coefficient (Wildman–Crippen LogP) is 4.44. The van der Waals surface area contributed by atoms with E-state index in [-0.39, 0.29) is 22.2 Å². The molecular formula is C10H7Br2F3O. The van der Waals surface area contributed by atoms with Gasteiger partial charge in [0.2, 0.25) is 0 Å². The highest BCUT2D eigenvalue weighted by atomic mass is 79.9. The van der Waals surface area contributed by atoms with E-state index in [1.54, 1.807) is 0 Å². The molecule has 0 atom stereocenters. The maximum Gasteiger partial charge on any atom is 0.417 e. The van der Waals surface area contributed by atoms with E-state index in [1.807, 2.05) is 0 Å². The lowest BCUT2D eigenvalue weighted by Gasteiger charge is -2.10. The number of hydrogen-bond acceptors (Lipinski definition) is 1. The van der Waals surface area contributed by atoms with Gasteiger partial charge in [-0.15, -0.1) is 0 Å². The normalized spacial score (nSPS) is 11.6.